The van der Waals surface area contributed by atoms with Gasteiger partial charge in [-0.05, 0) is 19.1 Å². The lowest BCUT2D eigenvalue weighted by molar-refractivity contribution is -0.134. The number of esters is 1. The van der Waals surface area contributed by atoms with Crippen molar-refractivity contribution in [3.63, 3.8) is 0 Å². The largest absolute Gasteiger partial charge is 0.457 e. The van der Waals surface area contributed by atoms with Crippen LogP contribution in [0.25, 0.3) is 0 Å². The van der Waals surface area contributed by atoms with E-state index < -0.39 is 17.9 Å². The number of ether oxygens (including phenoxy) is 1. The van der Waals surface area contributed by atoms with Crippen molar-refractivity contribution in [3.8, 4) is 0 Å². The van der Waals surface area contributed by atoms with Gasteiger partial charge in [-0.2, -0.15) is 5.10 Å². The van der Waals surface area contributed by atoms with Crippen LogP contribution in [-0.4, -0.2) is 30.2 Å². The number of benzene rings is 1. The van der Waals surface area contributed by atoms with Gasteiger partial charge < -0.3 is 10.5 Å². The van der Waals surface area contributed by atoms with Gasteiger partial charge in [0, 0.05) is 6.42 Å². The smallest absolute Gasteiger partial charge is 0.354 e. The quantitative estimate of drug-likeness (QED) is 0.652. The topological polar surface area (TPSA) is 85.0 Å². The summed E-state index contributed by atoms with van der Waals surface area (Å²) in [5.41, 5.74) is 6.30. The summed E-state index contributed by atoms with van der Waals surface area (Å²) in [7, 11) is 0. The highest BCUT2D eigenvalue weighted by molar-refractivity contribution is 6.38. The highest BCUT2D eigenvalue weighted by Gasteiger charge is 2.35. The molecule has 110 valence electrons. The number of carbonyl (C=O) groups excluding carboxylic acids is 2. The Hall–Kier alpha value is -2.63. The maximum Gasteiger partial charge on any atom is 0.354 e. The van der Waals surface area contributed by atoms with Crippen LogP contribution in [0.5, 0.6) is 0 Å². The fourth-order valence-corrected chi connectivity index (χ4v) is 1.98. The monoisotopic (exact) mass is 287 g/mol. The van der Waals surface area contributed by atoms with Crippen LogP contribution in [-0.2, 0) is 14.3 Å². The van der Waals surface area contributed by atoms with Crippen molar-refractivity contribution in [3.05, 3.63) is 42.5 Å². The van der Waals surface area contributed by atoms with Gasteiger partial charge in [0.25, 0.3) is 0 Å². The van der Waals surface area contributed by atoms with Crippen molar-refractivity contribution in [1.82, 2.24) is 0 Å². The number of carbonyl (C=O) groups is 2. The fraction of sp³-hybridized carbons (Fsp3) is 0.267. The maximum absolute atomic E-state index is 11.9. The van der Waals surface area contributed by atoms with E-state index in [1.807, 2.05) is 25.1 Å². The first-order valence-electron chi connectivity index (χ1n) is 6.63. The molecule has 1 amide bonds. The van der Waals surface area contributed by atoms with Crippen molar-refractivity contribution >= 4 is 23.3 Å². The fourth-order valence-electron chi connectivity index (χ4n) is 1.98. The third kappa shape index (κ3) is 3.47. The van der Waals surface area contributed by atoms with E-state index in [9.17, 15) is 9.59 Å². The number of primary amides is 1. The summed E-state index contributed by atoms with van der Waals surface area (Å²) < 4.78 is 5.04. The predicted octanol–water partition coefficient (Wildman–Crippen LogP) is 1.23. The molecule has 0 saturated heterocycles. The van der Waals surface area contributed by atoms with E-state index in [-0.39, 0.29) is 18.7 Å². The van der Waals surface area contributed by atoms with E-state index >= 15 is 0 Å². The second kappa shape index (κ2) is 6.69. The molecule has 6 heteroatoms. The standard InChI is InChI=1S/C15H17N3O3/c1-2-3-9-21-15(20)12-10-13(14(16)19)18(17-12)11-7-5-4-6-8-11/h2-8,13H,9-10H2,1H3,(H2,16,19). The van der Waals surface area contributed by atoms with Gasteiger partial charge >= 0.3 is 5.97 Å². The van der Waals surface area contributed by atoms with E-state index in [1.54, 1.807) is 24.3 Å². The van der Waals surface area contributed by atoms with Crippen LogP contribution in [0.1, 0.15) is 13.3 Å². The Kier molecular flexibility index (Phi) is 4.71. The molecule has 1 atom stereocenters. The summed E-state index contributed by atoms with van der Waals surface area (Å²) in [6, 6.07) is 8.43. The van der Waals surface area contributed by atoms with Crippen molar-refractivity contribution in [2.75, 3.05) is 11.6 Å². The Morgan fingerprint density at radius 1 is 1.43 bits per heavy atom. The Balaban J connectivity index is 2.17. The summed E-state index contributed by atoms with van der Waals surface area (Å²) in [6.07, 6.45) is 3.65. The lowest BCUT2D eigenvalue weighted by Gasteiger charge is -2.20. The Labute approximate surface area is 122 Å². The highest BCUT2D eigenvalue weighted by atomic mass is 16.5. The van der Waals surface area contributed by atoms with E-state index in [0.29, 0.717) is 5.69 Å². The number of rotatable bonds is 5. The van der Waals surface area contributed by atoms with Gasteiger partial charge in [-0.1, -0.05) is 30.4 Å². The van der Waals surface area contributed by atoms with Gasteiger partial charge in [0.05, 0.1) is 5.69 Å². The summed E-state index contributed by atoms with van der Waals surface area (Å²) in [5.74, 6) is -1.06. The molecular weight excluding hydrogens is 270 g/mol. The van der Waals surface area contributed by atoms with Crippen molar-refractivity contribution in [2.45, 2.75) is 19.4 Å². The summed E-state index contributed by atoms with van der Waals surface area (Å²) in [4.78, 5) is 23.5. The van der Waals surface area contributed by atoms with Gasteiger partial charge in [0.15, 0.2) is 0 Å². The van der Waals surface area contributed by atoms with Crippen LogP contribution in [0.2, 0.25) is 0 Å². The molecule has 1 aromatic carbocycles. The Morgan fingerprint density at radius 2 is 2.14 bits per heavy atom. The molecule has 6 nitrogen and oxygen atoms in total. The molecule has 1 heterocycles. The molecular formula is C15H17N3O3. The number of amides is 1. The number of nitrogens with zero attached hydrogens (tertiary/aromatic N) is 2. The molecule has 0 saturated carbocycles. The number of hydrazone groups is 1. The zero-order chi connectivity index (χ0) is 15.2. The molecule has 1 aliphatic heterocycles. The van der Waals surface area contributed by atoms with E-state index in [0.717, 1.165) is 0 Å². The van der Waals surface area contributed by atoms with Crippen molar-refractivity contribution < 1.29 is 14.3 Å². The lowest BCUT2D eigenvalue weighted by Crippen LogP contribution is -2.39. The van der Waals surface area contributed by atoms with Crippen molar-refractivity contribution in [1.29, 1.82) is 0 Å². The van der Waals surface area contributed by atoms with Crippen molar-refractivity contribution in [2.24, 2.45) is 10.8 Å². The van der Waals surface area contributed by atoms with E-state index in [1.165, 1.54) is 5.01 Å². The number of para-hydroxylation sites is 1. The minimum atomic E-state index is -0.670. The molecule has 0 spiro atoms. The number of nitrogens with two attached hydrogens (primary N) is 1. The van der Waals surface area contributed by atoms with Crippen LogP contribution in [0.3, 0.4) is 0 Å². The zero-order valence-electron chi connectivity index (χ0n) is 11.7. The average Bonchev–Trinajstić information content (AvgIpc) is 2.94. The molecule has 0 aliphatic carbocycles. The van der Waals surface area contributed by atoms with Gasteiger partial charge in [0.1, 0.15) is 18.4 Å². The Bertz CT molecular complexity index is 581. The molecule has 0 fully saturated rings. The average molecular weight is 287 g/mol. The molecule has 0 aromatic heterocycles. The second-order valence-corrected chi connectivity index (χ2v) is 4.52. The van der Waals surface area contributed by atoms with Crippen LogP contribution in [0, 0.1) is 0 Å². The molecule has 2 N–H and O–H groups in total. The number of hydrogen-bond acceptors (Lipinski definition) is 5. The van der Waals surface area contributed by atoms with Gasteiger partial charge in [-0.3, -0.25) is 9.80 Å². The first-order chi connectivity index (χ1) is 10.1. The molecule has 2 rings (SSSR count). The second-order valence-electron chi connectivity index (χ2n) is 4.52. The molecule has 0 radical (unpaired) electrons. The third-order valence-corrected chi connectivity index (χ3v) is 3.04. The molecule has 1 unspecified atom stereocenters. The first kappa shape index (κ1) is 14.8. The van der Waals surface area contributed by atoms with Crippen LogP contribution in [0.4, 0.5) is 5.69 Å². The summed E-state index contributed by atoms with van der Waals surface area (Å²) in [6.45, 7) is 2.02. The third-order valence-electron chi connectivity index (χ3n) is 3.04. The summed E-state index contributed by atoms with van der Waals surface area (Å²) in [5, 5.41) is 5.66. The molecule has 21 heavy (non-hydrogen) atoms. The molecule has 1 aliphatic rings. The normalized spacial score (nSPS) is 17.9. The number of anilines is 1. The van der Waals surface area contributed by atoms with Gasteiger partial charge in [0.2, 0.25) is 5.91 Å². The molecule has 1 aromatic rings. The summed E-state index contributed by atoms with van der Waals surface area (Å²) >= 11 is 0. The Morgan fingerprint density at radius 3 is 2.76 bits per heavy atom. The zero-order valence-corrected chi connectivity index (χ0v) is 11.7. The molecule has 0 bridgehead atoms. The van der Waals surface area contributed by atoms with Crippen LogP contribution in [0.15, 0.2) is 47.6 Å². The first-order valence-corrected chi connectivity index (χ1v) is 6.63. The lowest BCUT2D eigenvalue weighted by atomic mass is 10.1. The van der Waals surface area contributed by atoms with Crippen LogP contribution < -0.4 is 10.7 Å². The number of hydrogen-bond donors (Lipinski definition) is 1. The minimum Gasteiger partial charge on any atom is -0.457 e. The number of allylic oxidation sites excluding steroid dienone is 1. The van der Waals surface area contributed by atoms with Crippen LogP contribution >= 0.6 is 0 Å². The van der Waals surface area contributed by atoms with Gasteiger partial charge in [-0.15, -0.1) is 0 Å². The maximum atomic E-state index is 11.9. The minimum absolute atomic E-state index is 0.152. The van der Waals surface area contributed by atoms with Gasteiger partial charge in [-0.25, -0.2) is 4.79 Å². The predicted molar refractivity (Wildman–Crippen MR) is 79.7 cm³/mol. The highest BCUT2D eigenvalue weighted by Crippen LogP contribution is 2.24. The van der Waals surface area contributed by atoms with E-state index in [2.05, 4.69) is 5.10 Å². The van der Waals surface area contributed by atoms with E-state index in [4.69, 9.17) is 10.5 Å². The SMILES string of the molecule is CC=CCOC(=O)C1=NN(c2ccccc2)C(C(N)=O)C1.